The summed E-state index contributed by atoms with van der Waals surface area (Å²) in [4.78, 5) is 33.1. The number of likely N-dealkylation sites (tertiary alicyclic amines) is 1. The summed E-state index contributed by atoms with van der Waals surface area (Å²) in [6, 6.07) is 8.32. The lowest BCUT2D eigenvalue weighted by atomic mass is 9.98. The second kappa shape index (κ2) is 9.75. The number of aliphatic hydroxyl groups excluding tert-OH is 1. The second-order valence-corrected chi connectivity index (χ2v) is 7.83. The number of carbonyl (C=O) groups excluding carboxylic acids is 2. The molecule has 1 unspecified atom stereocenters. The van der Waals surface area contributed by atoms with Gasteiger partial charge < -0.3 is 19.6 Å². The molecular formula is C20H31N3O5. The third-order valence-electron chi connectivity index (χ3n) is 4.63. The van der Waals surface area contributed by atoms with E-state index in [1.807, 2.05) is 51.1 Å². The minimum atomic E-state index is -0.548. The molecule has 1 fully saturated rings. The maximum Gasteiger partial charge on any atom is 0.410 e. The van der Waals surface area contributed by atoms with E-state index in [0.29, 0.717) is 25.9 Å². The number of urea groups is 1. The molecule has 1 aromatic rings. The molecule has 156 valence electrons. The van der Waals surface area contributed by atoms with Crippen LogP contribution in [0.1, 0.15) is 45.2 Å². The van der Waals surface area contributed by atoms with Crippen molar-refractivity contribution in [2.24, 2.45) is 0 Å². The van der Waals surface area contributed by atoms with E-state index in [1.54, 1.807) is 9.80 Å². The van der Waals surface area contributed by atoms with Crippen molar-refractivity contribution >= 4 is 12.1 Å². The van der Waals surface area contributed by atoms with Gasteiger partial charge in [0.05, 0.1) is 19.8 Å². The van der Waals surface area contributed by atoms with Crippen LogP contribution in [0.25, 0.3) is 0 Å². The Labute approximate surface area is 166 Å². The van der Waals surface area contributed by atoms with Crippen LogP contribution in [0.5, 0.6) is 0 Å². The van der Waals surface area contributed by atoms with Gasteiger partial charge in [-0.1, -0.05) is 30.3 Å². The average Bonchev–Trinajstić information content (AvgIpc) is 2.65. The van der Waals surface area contributed by atoms with Crippen molar-refractivity contribution in [3.05, 3.63) is 35.9 Å². The lowest BCUT2D eigenvalue weighted by Crippen LogP contribution is -2.53. The van der Waals surface area contributed by atoms with Crippen LogP contribution in [-0.4, -0.2) is 65.5 Å². The van der Waals surface area contributed by atoms with Gasteiger partial charge in [-0.05, 0) is 39.2 Å². The third kappa shape index (κ3) is 5.84. The van der Waals surface area contributed by atoms with E-state index < -0.39 is 17.7 Å². The van der Waals surface area contributed by atoms with Gasteiger partial charge in [-0.3, -0.25) is 4.84 Å². The van der Waals surface area contributed by atoms with Gasteiger partial charge in [-0.25, -0.2) is 15.1 Å². The Morgan fingerprint density at radius 3 is 2.36 bits per heavy atom. The van der Waals surface area contributed by atoms with Crippen LogP contribution in [0, 0.1) is 0 Å². The van der Waals surface area contributed by atoms with Crippen LogP contribution in [-0.2, 0) is 9.57 Å². The topological polar surface area (TPSA) is 91.3 Å². The predicted octanol–water partition coefficient (Wildman–Crippen LogP) is 2.69. The van der Waals surface area contributed by atoms with E-state index >= 15 is 0 Å². The van der Waals surface area contributed by atoms with Crippen LogP contribution in [0.15, 0.2) is 30.3 Å². The largest absolute Gasteiger partial charge is 0.444 e. The first-order chi connectivity index (χ1) is 13.3. The Kier molecular flexibility index (Phi) is 7.65. The molecule has 8 nitrogen and oxygen atoms in total. The summed E-state index contributed by atoms with van der Waals surface area (Å²) in [5.74, 6) is 0. The zero-order valence-electron chi connectivity index (χ0n) is 17.1. The van der Waals surface area contributed by atoms with Gasteiger partial charge in [-0.2, -0.15) is 0 Å². The molecule has 28 heavy (non-hydrogen) atoms. The first-order valence-electron chi connectivity index (χ1n) is 9.52. The molecule has 0 spiro atoms. The number of hydrogen-bond donors (Lipinski definition) is 2. The molecule has 1 aliphatic heterocycles. The third-order valence-corrected chi connectivity index (χ3v) is 4.63. The fourth-order valence-electron chi connectivity index (χ4n) is 3.38. The van der Waals surface area contributed by atoms with Crippen LogP contribution in [0.2, 0.25) is 0 Å². The monoisotopic (exact) mass is 393 g/mol. The Balaban J connectivity index is 2.13. The van der Waals surface area contributed by atoms with Gasteiger partial charge in [0.2, 0.25) is 0 Å². The van der Waals surface area contributed by atoms with Gasteiger partial charge in [0.15, 0.2) is 0 Å². The Hall–Kier alpha value is -2.32. The summed E-state index contributed by atoms with van der Waals surface area (Å²) in [6.45, 7) is 6.24. The summed E-state index contributed by atoms with van der Waals surface area (Å²) < 4.78 is 5.43. The van der Waals surface area contributed by atoms with Gasteiger partial charge in [-0.15, -0.1) is 0 Å². The van der Waals surface area contributed by atoms with E-state index in [0.717, 1.165) is 5.56 Å². The fraction of sp³-hybridized carbons (Fsp3) is 0.600. The number of hydrogen-bond acceptors (Lipinski definition) is 5. The van der Waals surface area contributed by atoms with E-state index in [2.05, 4.69) is 5.48 Å². The van der Waals surface area contributed by atoms with Crippen molar-refractivity contribution in [3.63, 3.8) is 0 Å². The molecule has 0 radical (unpaired) electrons. The minimum Gasteiger partial charge on any atom is -0.444 e. The van der Waals surface area contributed by atoms with Crippen molar-refractivity contribution in [2.75, 3.05) is 26.8 Å². The zero-order chi connectivity index (χ0) is 20.7. The maximum absolute atomic E-state index is 12.7. The van der Waals surface area contributed by atoms with Crippen molar-refractivity contribution in [2.45, 2.75) is 51.3 Å². The van der Waals surface area contributed by atoms with Crippen LogP contribution >= 0.6 is 0 Å². The maximum atomic E-state index is 12.7. The zero-order valence-corrected chi connectivity index (χ0v) is 17.1. The van der Waals surface area contributed by atoms with Crippen LogP contribution in [0.4, 0.5) is 9.59 Å². The van der Waals surface area contributed by atoms with Gasteiger partial charge in [0, 0.05) is 19.1 Å². The highest BCUT2D eigenvalue weighted by Gasteiger charge is 2.35. The predicted molar refractivity (Wildman–Crippen MR) is 104 cm³/mol. The van der Waals surface area contributed by atoms with Crippen LogP contribution < -0.4 is 5.48 Å². The van der Waals surface area contributed by atoms with Gasteiger partial charge >= 0.3 is 12.1 Å². The molecule has 0 bridgehead atoms. The Morgan fingerprint density at radius 1 is 1.25 bits per heavy atom. The number of rotatable bonds is 5. The lowest BCUT2D eigenvalue weighted by molar-refractivity contribution is 0.00813. The van der Waals surface area contributed by atoms with Gasteiger partial charge in [0.1, 0.15) is 5.60 Å². The highest BCUT2D eigenvalue weighted by Crippen LogP contribution is 2.28. The standard InChI is InChI=1S/C20H31N3O5/c1-20(2,3)28-19(26)22-12-10-16(11-13-22)23(18(25)21-27-4)17(14-24)15-8-6-5-7-9-15/h5-9,16-17,24H,10-14H2,1-4H3,(H,21,25). The molecule has 2 N–H and O–H groups in total. The molecule has 1 heterocycles. The molecule has 1 aliphatic rings. The number of nitrogens with zero attached hydrogens (tertiary/aromatic N) is 2. The Morgan fingerprint density at radius 2 is 1.86 bits per heavy atom. The van der Waals surface area contributed by atoms with E-state index in [9.17, 15) is 14.7 Å². The molecule has 2 rings (SSSR count). The SMILES string of the molecule is CONC(=O)N(C1CCN(C(=O)OC(C)(C)C)CC1)C(CO)c1ccccc1. The summed E-state index contributed by atoms with van der Waals surface area (Å²) in [5.41, 5.74) is 2.65. The number of benzene rings is 1. The number of carbonyl (C=O) groups is 2. The van der Waals surface area contributed by atoms with Crippen molar-refractivity contribution in [3.8, 4) is 0 Å². The number of piperidine rings is 1. The highest BCUT2D eigenvalue weighted by atomic mass is 16.6. The first kappa shape index (κ1) is 22.0. The Bertz CT molecular complexity index is 639. The highest BCUT2D eigenvalue weighted by molar-refractivity contribution is 5.74. The van der Waals surface area contributed by atoms with E-state index in [-0.39, 0.29) is 18.7 Å². The number of amides is 3. The average molecular weight is 393 g/mol. The van der Waals surface area contributed by atoms with Crippen molar-refractivity contribution in [1.29, 1.82) is 0 Å². The normalized spacial score (nSPS) is 16.4. The summed E-state index contributed by atoms with van der Waals surface area (Å²) >= 11 is 0. The minimum absolute atomic E-state index is 0.147. The molecule has 1 saturated heterocycles. The smallest absolute Gasteiger partial charge is 0.410 e. The molecule has 3 amide bonds. The number of hydroxylamine groups is 1. The fourth-order valence-corrected chi connectivity index (χ4v) is 3.38. The summed E-state index contributed by atoms with van der Waals surface area (Å²) in [5, 5.41) is 10.0. The molecule has 1 aromatic carbocycles. The molecule has 0 saturated carbocycles. The van der Waals surface area contributed by atoms with Crippen molar-refractivity contribution < 1.29 is 24.3 Å². The number of ether oxygens (including phenoxy) is 1. The van der Waals surface area contributed by atoms with E-state index in [4.69, 9.17) is 9.57 Å². The second-order valence-electron chi connectivity index (χ2n) is 7.83. The molecule has 8 heteroatoms. The first-order valence-corrected chi connectivity index (χ1v) is 9.52. The summed E-state index contributed by atoms with van der Waals surface area (Å²) in [7, 11) is 1.37. The molecule has 1 atom stereocenters. The summed E-state index contributed by atoms with van der Waals surface area (Å²) in [6.07, 6.45) is 0.819. The molecular weight excluding hydrogens is 362 g/mol. The molecule has 0 aliphatic carbocycles. The number of aliphatic hydroxyl groups is 1. The number of nitrogens with one attached hydrogen (secondary N) is 1. The van der Waals surface area contributed by atoms with Gasteiger partial charge in [0.25, 0.3) is 0 Å². The lowest BCUT2D eigenvalue weighted by Gasteiger charge is -2.41. The van der Waals surface area contributed by atoms with Crippen LogP contribution in [0.3, 0.4) is 0 Å². The van der Waals surface area contributed by atoms with Crippen molar-refractivity contribution in [1.82, 2.24) is 15.3 Å². The van der Waals surface area contributed by atoms with E-state index in [1.165, 1.54) is 7.11 Å². The molecule has 0 aromatic heterocycles. The quantitative estimate of drug-likeness (QED) is 0.751.